The van der Waals surface area contributed by atoms with Crippen molar-refractivity contribution in [3.05, 3.63) is 36.3 Å². The van der Waals surface area contributed by atoms with Crippen LogP contribution in [0.5, 0.6) is 5.88 Å². The molecule has 7 nitrogen and oxygen atoms in total. The molecule has 0 N–H and O–H groups in total. The fraction of sp³-hybridized carbons (Fsp3) is 0.333. The van der Waals surface area contributed by atoms with Crippen molar-refractivity contribution >= 4 is 11.6 Å². The number of nitrogens with zero attached hydrogens (tertiary/aromatic N) is 6. The first-order valence-corrected chi connectivity index (χ1v) is 7.03. The lowest BCUT2D eigenvalue weighted by molar-refractivity contribution is 0.395. The van der Waals surface area contributed by atoms with Crippen molar-refractivity contribution in [3.8, 4) is 11.9 Å². The van der Waals surface area contributed by atoms with Gasteiger partial charge >= 0.3 is 0 Å². The first kappa shape index (κ1) is 14.1. The van der Waals surface area contributed by atoms with E-state index in [2.05, 4.69) is 30.8 Å². The van der Waals surface area contributed by atoms with Crippen LogP contribution in [-0.2, 0) is 0 Å². The number of hydrogen-bond donors (Lipinski definition) is 0. The van der Waals surface area contributed by atoms with Crippen LogP contribution < -0.4 is 14.5 Å². The number of anilines is 2. The van der Waals surface area contributed by atoms with Crippen LogP contribution in [0.15, 0.2) is 30.7 Å². The van der Waals surface area contributed by atoms with E-state index in [4.69, 9.17) is 4.74 Å². The number of rotatable bonds is 3. The topological polar surface area (TPSA) is 78.2 Å². The highest BCUT2D eigenvalue weighted by atomic mass is 16.5. The number of hydrogen-bond acceptors (Lipinski definition) is 7. The maximum absolute atomic E-state index is 9.18. The van der Waals surface area contributed by atoms with Crippen LogP contribution in [-0.4, -0.2) is 48.2 Å². The van der Waals surface area contributed by atoms with Crippen LogP contribution >= 0.6 is 0 Å². The number of pyridine rings is 1. The second-order valence-electron chi connectivity index (χ2n) is 4.88. The average molecular weight is 296 g/mol. The molecule has 0 spiro atoms. The van der Waals surface area contributed by atoms with Crippen LogP contribution in [0, 0.1) is 11.3 Å². The molecule has 1 fully saturated rings. The molecule has 1 aliphatic heterocycles. The van der Waals surface area contributed by atoms with E-state index >= 15 is 0 Å². The molecule has 22 heavy (non-hydrogen) atoms. The van der Waals surface area contributed by atoms with Gasteiger partial charge in [0.1, 0.15) is 11.9 Å². The molecular weight excluding hydrogens is 280 g/mol. The van der Waals surface area contributed by atoms with E-state index in [1.165, 1.54) is 0 Å². The third-order valence-electron chi connectivity index (χ3n) is 3.62. The van der Waals surface area contributed by atoms with Crippen molar-refractivity contribution in [2.24, 2.45) is 0 Å². The van der Waals surface area contributed by atoms with Gasteiger partial charge < -0.3 is 14.5 Å². The zero-order valence-electron chi connectivity index (χ0n) is 12.3. The van der Waals surface area contributed by atoms with Crippen molar-refractivity contribution in [2.45, 2.75) is 0 Å². The summed E-state index contributed by atoms with van der Waals surface area (Å²) >= 11 is 0. The van der Waals surface area contributed by atoms with Crippen molar-refractivity contribution in [3.63, 3.8) is 0 Å². The van der Waals surface area contributed by atoms with E-state index in [0.717, 1.165) is 37.8 Å². The summed E-state index contributed by atoms with van der Waals surface area (Å²) < 4.78 is 5.11. The first-order valence-electron chi connectivity index (χ1n) is 7.03. The Labute approximate surface area is 128 Å². The van der Waals surface area contributed by atoms with Gasteiger partial charge in [-0.05, 0) is 12.1 Å². The monoisotopic (exact) mass is 296 g/mol. The minimum atomic E-state index is 0.511. The van der Waals surface area contributed by atoms with Gasteiger partial charge in [-0.3, -0.25) is 4.98 Å². The highest BCUT2D eigenvalue weighted by molar-refractivity contribution is 5.54. The van der Waals surface area contributed by atoms with E-state index in [9.17, 15) is 5.26 Å². The summed E-state index contributed by atoms with van der Waals surface area (Å²) in [7, 11) is 1.58. The van der Waals surface area contributed by atoms with Crippen molar-refractivity contribution in [1.29, 1.82) is 5.26 Å². The molecule has 0 radical (unpaired) electrons. The molecule has 2 aromatic rings. The summed E-state index contributed by atoms with van der Waals surface area (Å²) in [6, 6.07) is 5.77. The molecule has 0 saturated carbocycles. The van der Waals surface area contributed by atoms with E-state index in [0.29, 0.717) is 11.4 Å². The Morgan fingerprint density at radius 1 is 1.18 bits per heavy atom. The number of aromatic nitrogens is 3. The summed E-state index contributed by atoms with van der Waals surface area (Å²) in [5.74, 6) is 2.07. The Hall–Kier alpha value is -2.88. The second kappa shape index (κ2) is 6.26. The summed E-state index contributed by atoms with van der Waals surface area (Å²) in [5.41, 5.74) is 0.608. The largest absolute Gasteiger partial charge is 0.480 e. The molecule has 0 atom stereocenters. The van der Waals surface area contributed by atoms with Crippen molar-refractivity contribution in [1.82, 2.24) is 15.0 Å². The molecule has 0 amide bonds. The lowest BCUT2D eigenvalue weighted by Gasteiger charge is -2.36. The zero-order valence-corrected chi connectivity index (χ0v) is 12.3. The fourth-order valence-electron chi connectivity index (χ4n) is 2.47. The molecule has 3 rings (SSSR count). The highest BCUT2D eigenvalue weighted by Gasteiger charge is 2.21. The quantitative estimate of drug-likeness (QED) is 0.838. The maximum Gasteiger partial charge on any atom is 0.233 e. The molecular formula is C15H16N6O. The molecule has 7 heteroatoms. The van der Waals surface area contributed by atoms with Gasteiger partial charge in [-0.2, -0.15) is 10.2 Å². The van der Waals surface area contributed by atoms with Crippen molar-refractivity contribution in [2.75, 3.05) is 43.1 Å². The molecule has 2 aromatic heterocycles. The number of ether oxygens (including phenoxy) is 1. The molecule has 0 aromatic carbocycles. The normalized spacial score (nSPS) is 14.5. The molecule has 112 valence electrons. The predicted octanol–water partition coefficient (Wildman–Crippen LogP) is 1.08. The van der Waals surface area contributed by atoms with E-state index < -0.39 is 0 Å². The highest BCUT2D eigenvalue weighted by Crippen LogP contribution is 2.20. The Kier molecular flexibility index (Phi) is 4.01. The lowest BCUT2D eigenvalue weighted by atomic mass is 10.2. The van der Waals surface area contributed by atoms with Gasteiger partial charge in [-0.15, -0.1) is 0 Å². The maximum atomic E-state index is 9.18. The molecule has 1 saturated heterocycles. The summed E-state index contributed by atoms with van der Waals surface area (Å²) in [5, 5.41) is 9.18. The van der Waals surface area contributed by atoms with Gasteiger partial charge in [-0.25, -0.2) is 4.98 Å². The molecule has 0 aliphatic carbocycles. The minimum Gasteiger partial charge on any atom is -0.480 e. The average Bonchev–Trinajstić information content (AvgIpc) is 2.62. The van der Waals surface area contributed by atoms with Gasteiger partial charge in [-0.1, -0.05) is 0 Å². The summed E-state index contributed by atoms with van der Waals surface area (Å²) in [6.45, 7) is 3.15. The van der Waals surface area contributed by atoms with Gasteiger partial charge in [0, 0.05) is 32.4 Å². The van der Waals surface area contributed by atoms with Crippen LogP contribution in [0.25, 0.3) is 0 Å². The summed E-state index contributed by atoms with van der Waals surface area (Å²) in [4.78, 5) is 17.2. The zero-order chi connectivity index (χ0) is 15.4. The Morgan fingerprint density at radius 3 is 2.68 bits per heavy atom. The third-order valence-corrected chi connectivity index (χ3v) is 3.62. The van der Waals surface area contributed by atoms with Crippen LogP contribution in [0.4, 0.5) is 11.6 Å². The number of methoxy groups -OCH3 is 1. The number of piperazine rings is 1. The van der Waals surface area contributed by atoms with Crippen LogP contribution in [0.2, 0.25) is 0 Å². The third kappa shape index (κ3) is 2.76. The second-order valence-corrected chi connectivity index (χ2v) is 4.88. The van der Waals surface area contributed by atoms with Gasteiger partial charge in [0.25, 0.3) is 0 Å². The Balaban J connectivity index is 1.71. The van der Waals surface area contributed by atoms with E-state index in [1.54, 1.807) is 37.8 Å². The smallest absolute Gasteiger partial charge is 0.233 e. The SMILES string of the molecule is COc1cncc(N2CCN(c3ncccc3C#N)CC2)n1. The standard InChI is InChI=1S/C15H16N6O/c1-22-14-11-17-10-13(19-14)20-5-7-21(8-6-20)15-12(9-16)3-2-4-18-15/h2-4,10-11H,5-8H2,1H3. The minimum absolute atomic E-state index is 0.511. The van der Waals surface area contributed by atoms with Crippen LogP contribution in [0.3, 0.4) is 0 Å². The molecule has 3 heterocycles. The summed E-state index contributed by atoms with van der Waals surface area (Å²) in [6.07, 6.45) is 5.04. The molecule has 0 unspecified atom stereocenters. The first-order chi connectivity index (χ1) is 10.8. The molecule has 1 aliphatic rings. The van der Waals surface area contributed by atoms with Crippen LogP contribution in [0.1, 0.15) is 5.56 Å². The predicted molar refractivity (Wildman–Crippen MR) is 82.0 cm³/mol. The van der Waals surface area contributed by atoms with E-state index in [-0.39, 0.29) is 0 Å². The van der Waals surface area contributed by atoms with Gasteiger partial charge in [0.05, 0.1) is 25.1 Å². The fourth-order valence-corrected chi connectivity index (χ4v) is 2.47. The van der Waals surface area contributed by atoms with E-state index in [1.807, 2.05) is 0 Å². The molecule has 0 bridgehead atoms. The van der Waals surface area contributed by atoms with Crippen molar-refractivity contribution < 1.29 is 4.74 Å². The van der Waals surface area contributed by atoms with Gasteiger partial charge in [0.2, 0.25) is 5.88 Å². The Bertz CT molecular complexity index is 690. The lowest BCUT2D eigenvalue weighted by Crippen LogP contribution is -2.47. The Morgan fingerprint density at radius 2 is 1.95 bits per heavy atom. The number of nitriles is 1. The van der Waals surface area contributed by atoms with Gasteiger partial charge in [0.15, 0.2) is 5.82 Å².